The Balaban J connectivity index is 1.38. The Labute approximate surface area is 157 Å². The normalized spacial score (nSPS) is 29.1. The molecule has 1 saturated heterocycles. The van der Waals surface area contributed by atoms with Gasteiger partial charge in [-0.2, -0.15) is 0 Å². The van der Waals surface area contributed by atoms with E-state index >= 15 is 0 Å². The zero-order valence-corrected chi connectivity index (χ0v) is 16.4. The average molecular weight is 360 g/mol. The molecule has 2 aliphatic carbocycles. The van der Waals surface area contributed by atoms with E-state index < -0.39 is 0 Å². The van der Waals surface area contributed by atoms with Crippen molar-refractivity contribution in [2.75, 3.05) is 47.5 Å². The van der Waals surface area contributed by atoms with Crippen molar-refractivity contribution < 1.29 is 14.2 Å². The molecule has 1 heterocycles. The molecule has 2 saturated carbocycles. The predicted octanol–water partition coefficient (Wildman–Crippen LogP) is 3.02. The van der Waals surface area contributed by atoms with Gasteiger partial charge >= 0.3 is 0 Å². The first kappa shape index (κ1) is 17.9. The lowest BCUT2D eigenvalue weighted by Crippen LogP contribution is -2.51. The summed E-state index contributed by atoms with van der Waals surface area (Å²) in [5, 5.41) is 0. The third-order valence-corrected chi connectivity index (χ3v) is 6.76. The predicted molar refractivity (Wildman–Crippen MR) is 102 cm³/mol. The summed E-state index contributed by atoms with van der Waals surface area (Å²) in [6.45, 7) is 5.55. The number of ether oxygens (including phenoxy) is 3. The van der Waals surface area contributed by atoms with Crippen LogP contribution in [-0.4, -0.2) is 63.4 Å². The number of methoxy groups -OCH3 is 3. The van der Waals surface area contributed by atoms with Gasteiger partial charge < -0.3 is 14.2 Å². The lowest BCUT2D eigenvalue weighted by Gasteiger charge is -2.41. The van der Waals surface area contributed by atoms with Crippen molar-refractivity contribution in [2.24, 2.45) is 11.8 Å². The van der Waals surface area contributed by atoms with E-state index in [-0.39, 0.29) is 0 Å². The number of hydrogen-bond donors (Lipinski definition) is 0. The minimum Gasteiger partial charge on any atom is -0.493 e. The average Bonchev–Trinajstić information content (AvgIpc) is 3.31. The number of nitrogens with zero attached hydrogens (tertiary/aromatic N) is 2. The van der Waals surface area contributed by atoms with Crippen LogP contribution in [0.5, 0.6) is 17.2 Å². The van der Waals surface area contributed by atoms with E-state index in [1.807, 2.05) is 6.07 Å². The molecule has 0 unspecified atom stereocenters. The van der Waals surface area contributed by atoms with Gasteiger partial charge in [-0.1, -0.05) is 12.5 Å². The van der Waals surface area contributed by atoms with E-state index in [9.17, 15) is 0 Å². The third kappa shape index (κ3) is 3.27. The highest BCUT2D eigenvalue weighted by Crippen LogP contribution is 2.47. The third-order valence-electron chi connectivity index (χ3n) is 6.76. The van der Waals surface area contributed by atoms with Crippen LogP contribution in [0.25, 0.3) is 0 Å². The first-order chi connectivity index (χ1) is 12.7. The van der Waals surface area contributed by atoms with Gasteiger partial charge in [-0.15, -0.1) is 0 Å². The SMILES string of the molecule is COc1ccc(CN2CCN([C@H]3C[C@H]4CC[C@@H]3C4)CC2)c(OC)c1OC. The fourth-order valence-electron chi connectivity index (χ4n) is 5.44. The zero-order valence-electron chi connectivity index (χ0n) is 16.4. The first-order valence-corrected chi connectivity index (χ1v) is 9.97. The van der Waals surface area contributed by atoms with Crippen LogP contribution < -0.4 is 14.2 Å². The van der Waals surface area contributed by atoms with Gasteiger partial charge in [-0.25, -0.2) is 0 Å². The molecule has 1 aliphatic heterocycles. The topological polar surface area (TPSA) is 34.2 Å². The maximum absolute atomic E-state index is 5.65. The van der Waals surface area contributed by atoms with E-state index in [2.05, 4.69) is 15.9 Å². The van der Waals surface area contributed by atoms with E-state index in [4.69, 9.17) is 14.2 Å². The fourth-order valence-corrected chi connectivity index (χ4v) is 5.44. The second-order valence-electron chi connectivity index (χ2n) is 8.05. The molecule has 26 heavy (non-hydrogen) atoms. The summed E-state index contributed by atoms with van der Waals surface area (Å²) in [6.07, 6.45) is 5.90. The minimum absolute atomic E-state index is 0.688. The molecule has 2 bridgehead atoms. The minimum atomic E-state index is 0.688. The largest absolute Gasteiger partial charge is 0.493 e. The summed E-state index contributed by atoms with van der Waals surface area (Å²) in [7, 11) is 5.03. The van der Waals surface area contributed by atoms with Crippen LogP contribution in [0.1, 0.15) is 31.2 Å². The molecule has 3 atom stereocenters. The van der Waals surface area contributed by atoms with E-state index in [0.29, 0.717) is 11.5 Å². The molecule has 5 nitrogen and oxygen atoms in total. The van der Waals surface area contributed by atoms with Gasteiger partial charge in [-0.05, 0) is 37.2 Å². The maximum Gasteiger partial charge on any atom is 0.203 e. The lowest BCUT2D eigenvalue weighted by atomic mass is 9.93. The van der Waals surface area contributed by atoms with Crippen molar-refractivity contribution >= 4 is 0 Å². The van der Waals surface area contributed by atoms with Crippen LogP contribution in [0.3, 0.4) is 0 Å². The highest BCUT2D eigenvalue weighted by molar-refractivity contribution is 5.55. The van der Waals surface area contributed by atoms with Crippen molar-refractivity contribution in [3.63, 3.8) is 0 Å². The molecular formula is C21H32N2O3. The van der Waals surface area contributed by atoms with E-state index in [0.717, 1.165) is 43.3 Å². The molecule has 0 spiro atoms. The summed E-state index contributed by atoms with van der Waals surface area (Å²) in [4.78, 5) is 5.31. The molecule has 0 amide bonds. The zero-order chi connectivity index (χ0) is 18.1. The van der Waals surface area contributed by atoms with Gasteiger partial charge in [0.1, 0.15) is 0 Å². The van der Waals surface area contributed by atoms with Crippen LogP contribution in [0.15, 0.2) is 12.1 Å². The molecule has 4 rings (SSSR count). The lowest BCUT2D eigenvalue weighted by molar-refractivity contribution is 0.0675. The molecule has 0 radical (unpaired) electrons. The van der Waals surface area contributed by atoms with Crippen LogP contribution in [0, 0.1) is 11.8 Å². The number of rotatable bonds is 6. The van der Waals surface area contributed by atoms with Gasteiger partial charge in [0.05, 0.1) is 21.3 Å². The van der Waals surface area contributed by atoms with Gasteiger partial charge in [0.15, 0.2) is 11.5 Å². The molecular weight excluding hydrogens is 328 g/mol. The number of piperazine rings is 1. The summed E-state index contributed by atoms with van der Waals surface area (Å²) < 4.78 is 16.6. The fraction of sp³-hybridized carbons (Fsp3) is 0.714. The number of hydrogen-bond acceptors (Lipinski definition) is 5. The number of fused-ring (bicyclic) bond motifs is 2. The van der Waals surface area contributed by atoms with Crippen molar-refractivity contribution in [1.82, 2.24) is 9.80 Å². The monoisotopic (exact) mass is 360 g/mol. The van der Waals surface area contributed by atoms with Crippen LogP contribution >= 0.6 is 0 Å². The van der Waals surface area contributed by atoms with Crippen LogP contribution in [0.4, 0.5) is 0 Å². The van der Waals surface area contributed by atoms with E-state index in [1.54, 1.807) is 21.3 Å². The Kier molecular flexibility index (Phi) is 5.28. The highest BCUT2D eigenvalue weighted by atomic mass is 16.5. The van der Waals surface area contributed by atoms with Crippen molar-refractivity contribution in [2.45, 2.75) is 38.3 Å². The Morgan fingerprint density at radius 3 is 2.23 bits per heavy atom. The Bertz CT molecular complexity index is 628. The molecule has 1 aromatic carbocycles. The quantitative estimate of drug-likeness (QED) is 0.779. The smallest absolute Gasteiger partial charge is 0.203 e. The van der Waals surface area contributed by atoms with Gasteiger partial charge in [0.25, 0.3) is 0 Å². The Morgan fingerprint density at radius 2 is 1.65 bits per heavy atom. The highest BCUT2D eigenvalue weighted by Gasteiger charge is 2.42. The van der Waals surface area contributed by atoms with Crippen LogP contribution in [-0.2, 0) is 6.54 Å². The summed E-state index contributed by atoms with van der Waals surface area (Å²) in [6, 6.07) is 4.94. The van der Waals surface area contributed by atoms with Gasteiger partial charge in [0, 0.05) is 44.3 Å². The van der Waals surface area contributed by atoms with Gasteiger partial charge in [0.2, 0.25) is 5.75 Å². The molecule has 1 aromatic rings. The van der Waals surface area contributed by atoms with Gasteiger partial charge in [-0.3, -0.25) is 9.80 Å². The van der Waals surface area contributed by atoms with Crippen LogP contribution in [0.2, 0.25) is 0 Å². The molecule has 0 N–H and O–H groups in total. The second kappa shape index (κ2) is 7.65. The molecule has 0 aromatic heterocycles. The Hall–Kier alpha value is -1.46. The van der Waals surface area contributed by atoms with Crippen molar-refractivity contribution in [3.05, 3.63) is 17.7 Å². The number of benzene rings is 1. The molecule has 5 heteroatoms. The molecule has 144 valence electrons. The van der Waals surface area contributed by atoms with Crippen molar-refractivity contribution in [1.29, 1.82) is 0 Å². The second-order valence-corrected chi connectivity index (χ2v) is 8.05. The standard InChI is InChI=1S/C21H32N2O3/c1-24-19-7-6-17(20(25-2)21(19)26-3)14-22-8-10-23(11-9-22)18-13-15-4-5-16(18)12-15/h6-7,15-16,18H,4-5,8-14H2,1-3H3/t15-,16+,18-/m0/s1. The molecule has 3 fully saturated rings. The summed E-state index contributed by atoms with van der Waals surface area (Å²) in [5.74, 6) is 4.21. The first-order valence-electron chi connectivity index (χ1n) is 9.97. The summed E-state index contributed by atoms with van der Waals surface area (Å²) >= 11 is 0. The Morgan fingerprint density at radius 1 is 0.885 bits per heavy atom. The van der Waals surface area contributed by atoms with E-state index in [1.165, 1.54) is 44.3 Å². The summed E-state index contributed by atoms with van der Waals surface area (Å²) in [5.41, 5.74) is 1.17. The maximum atomic E-state index is 5.65. The van der Waals surface area contributed by atoms with Crippen molar-refractivity contribution in [3.8, 4) is 17.2 Å². The molecule has 3 aliphatic rings.